The molecule has 0 fully saturated rings. The number of benzene rings is 1. The lowest BCUT2D eigenvalue weighted by Gasteiger charge is -2.24. The Morgan fingerprint density at radius 3 is 2.56 bits per heavy atom. The summed E-state index contributed by atoms with van der Waals surface area (Å²) >= 11 is 0. The van der Waals surface area contributed by atoms with Gasteiger partial charge < -0.3 is 10.5 Å². The average Bonchev–Trinajstić information content (AvgIpc) is 2.33. The van der Waals surface area contributed by atoms with Crippen LogP contribution < -0.4 is 5.73 Å². The van der Waals surface area contributed by atoms with Gasteiger partial charge in [-0.2, -0.15) is 0 Å². The maximum atomic E-state index is 6.19. The molecule has 2 unspecified atom stereocenters. The van der Waals surface area contributed by atoms with Crippen LogP contribution in [0.3, 0.4) is 0 Å². The second-order valence-corrected chi connectivity index (χ2v) is 5.46. The van der Waals surface area contributed by atoms with Gasteiger partial charge in [0.1, 0.15) is 0 Å². The first kappa shape index (κ1) is 15.2. The predicted molar refractivity (Wildman–Crippen MR) is 77.6 cm³/mol. The Kier molecular flexibility index (Phi) is 6.37. The van der Waals surface area contributed by atoms with Crippen molar-refractivity contribution < 1.29 is 4.74 Å². The molecule has 0 aliphatic heterocycles. The molecule has 2 N–H and O–H groups in total. The predicted octanol–water partition coefficient (Wildman–Crippen LogP) is 3.84. The molecule has 0 amide bonds. The highest BCUT2D eigenvalue weighted by Crippen LogP contribution is 2.23. The molecule has 2 heteroatoms. The number of hydrogen-bond acceptors (Lipinski definition) is 2. The van der Waals surface area contributed by atoms with E-state index < -0.39 is 0 Å². The summed E-state index contributed by atoms with van der Waals surface area (Å²) < 4.78 is 6.02. The summed E-state index contributed by atoms with van der Waals surface area (Å²) in [6.07, 6.45) is 2.03. The molecule has 1 aromatic carbocycles. The van der Waals surface area contributed by atoms with Gasteiger partial charge in [0.05, 0.1) is 6.10 Å². The SMILES string of the molecule is CCC(N)C(OCCC(C)C)c1cccc(C)c1. The van der Waals surface area contributed by atoms with Crippen molar-refractivity contribution in [3.8, 4) is 0 Å². The number of ether oxygens (including phenoxy) is 1. The molecule has 1 aromatic rings. The van der Waals surface area contributed by atoms with Crippen molar-refractivity contribution in [2.24, 2.45) is 11.7 Å². The van der Waals surface area contributed by atoms with Crippen LogP contribution in [0.1, 0.15) is 50.8 Å². The fourth-order valence-electron chi connectivity index (χ4n) is 1.96. The topological polar surface area (TPSA) is 35.2 Å². The van der Waals surface area contributed by atoms with Gasteiger partial charge >= 0.3 is 0 Å². The van der Waals surface area contributed by atoms with E-state index in [1.54, 1.807) is 0 Å². The Hall–Kier alpha value is -0.860. The zero-order chi connectivity index (χ0) is 13.5. The molecule has 18 heavy (non-hydrogen) atoms. The highest BCUT2D eigenvalue weighted by atomic mass is 16.5. The van der Waals surface area contributed by atoms with Gasteiger partial charge in [-0.05, 0) is 31.2 Å². The van der Waals surface area contributed by atoms with Gasteiger partial charge in [-0.15, -0.1) is 0 Å². The third kappa shape index (κ3) is 4.79. The minimum absolute atomic E-state index is 0.0219. The summed E-state index contributed by atoms with van der Waals surface area (Å²) in [6.45, 7) is 9.42. The van der Waals surface area contributed by atoms with Gasteiger partial charge in [0, 0.05) is 12.6 Å². The molecule has 2 nitrogen and oxygen atoms in total. The lowest BCUT2D eigenvalue weighted by atomic mass is 9.99. The minimum atomic E-state index is 0.0219. The zero-order valence-corrected chi connectivity index (χ0v) is 12.1. The molecular weight excluding hydrogens is 222 g/mol. The molecule has 0 bridgehead atoms. The van der Waals surface area contributed by atoms with E-state index in [4.69, 9.17) is 10.5 Å². The summed E-state index contributed by atoms with van der Waals surface area (Å²) in [5, 5.41) is 0. The van der Waals surface area contributed by atoms with Crippen molar-refractivity contribution in [3.05, 3.63) is 35.4 Å². The van der Waals surface area contributed by atoms with Crippen molar-refractivity contribution in [1.82, 2.24) is 0 Å². The molecule has 0 aromatic heterocycles. The molecule has 0 saturated carbocycles. The van der Waals surface area contributed by atoms with Crippen LogP contribution in [0.15, 0.2) is 24.3 Å². The van der Waals surface area contributed by atoms with E-state index in [1.165, 1.54) is 11.1 Å². The lowest BCUT2D eigenvalue weighted by Crippen LogP contribution is -2.30. The van der Waals surface area contributed by atoms with Crippen LogP contribution in [-0.4, -0.2) is 12.6 Å². The molecule has 0 radical (unpaired) electrons. The second kappa shape index (κ2) is 7.55. The summed E-state index contributed by atoms with van der Waals surface area (Å²) in [6, 6.07) is 8.54. The zero-order valence-electron chi connectivity index (χ0n) is 12.1. The molecule has 1 rings (SSSR count). The van der Waals surface area contributed by atoms with Gasteiger partial charge in [-0.1, -0.05) is 50.6 Å². The van der Waals surface area contributed by atoms with Crippen LogP contribution in [0.2, 0.25) is 0 Å². The second-order valence-electron chi connectivity index (χ2n) is 5.46. The van der Waals surface area contributed by atoms with Crippen LogP contribution in [0, 0.1) is 12.8 Å². The van der Waals surface area contributed by atoms with Gasteiger partial charge in [-0.3, -0.25) is 0 Å². The maximum absolute atomic E-state index is 6.19. The van der Waals surface area contributed by atoms with Crippen LogP contribution in [0.4, 0.5) is 0 Å². The molecular formula is C16H27NO. The third-order valence-electron chi connectivity index (χ3n) is 3.22. The van der Waals surface area contributed by atoms with Crippen molar-refractivity contribution in [2.45, 2.75) is 52.7 Å². The number of aryl methyl sites for hydroxylation is 1. The summed E-state index contributed by atoms with van der Waals surface area (Å²) in [7, 11) is 0. The van der Waals surface area contributed by atoms with E-state index in [0.29, 0.717) is 5.92 Å². The molecule has 0 aliphatic carbocycles. The molecule has 0 heterocycles. The Morgan fingerprint density at radius 2 is 2.00 bits per heavy atom. The smallest absolute Gasteiger partial charge is 0.0975 e. The Morgan fingerprint density at radius 1 is 1.28 bits per heavy atom. The Bertz CT molecular complexity index is 349. The van der Waals surface area contributed by atoms with Crippen LogP contribution in [0.5, 0.6) is 0 Å². The molecule has 102 valence electrons. The summed E-state index contributed by atoms with van der Waals surface area (Å²) in [5.74, 6) is 0.668. The summed E-state index contributed by atoms with van der Waals surface area (Å²) in [4.78, 5) is 0. The third-order valence-corrected chi connectivity index (χ3v) is 3.22. The summed E-state index contributed by atoms with van der Waals surface area (Å²) in [5.41, 5.74) is 8.65. The van der Waals surface area contributed by atoms with Crippen LogP contribution in [0.25, 0.3) is 0 Å². The van der Waals surface area contributed by atoms with Crippen molar-refractivity contribution in [2.75, 3.05) is 6.61 Å². The highest BCUT2D eigenvalue weighted by Gasteiger charge is 2.19. The highest BCUT2D eigenvalue weighted by molar-refractivity contribution is 5.25. The van der Waals surface area contributed by atoms with Crippen LogP contribution in [-0.2, 0) is 4.74 Å². The Labute approximate surface area is 112 Å². The first-order chi connectivity index (χ1) is 8.54. The van der Waals surface area contributed by atoms with Gasteiger partial charge in [0.25, 0.3) is 0 Å². The van der Waals surface area contributed by atoms with E-state index in [9.17, 15) is 0 Å². The van der Waals surface area contributed by atoms with Crippen molar-refractivity contribution in [1.29, 1.82) is 0 Å². The molecule has 2 atom stereocenters. The van der Waals surface area contributed by atoms with E-state index in [-0.39, 0.29) is 12.1 Å². The van der Waals surface area contributed by atoms with E-state index >= 15 is 0 Å². The first-order valence-electron chi connectivity index (χ1n) is 6.98. The van der Waals surface area contributed by atoms with E-state index in [1.807, 2.05) is 0 Å². The van der Waals surface area contributed by atoms with Crippen molar-refractivity contribution in [3.63, 3.8) is 0 Å². The van der Waals surface area contributed by atoms with E-state index in [2.05, 4.69) is 52.0 Å². The first-order valence-corrected chi connectivity index (χ1v) is 6.98. The van der Waals surface area contributed by atoms with Gasteiger partial charge in [0.15, 0.2) is 0 Å². The Balaban J connectivity index is 2.72. The number of nitrogens with two attached hydrogens (primary N) is 1. The van der Waals surface area contributed by atoms with E-state index in [0.717, 1.165) is 19.4 Å². The molecule has 0 aliphatic rings. The van der Waals surface area contributed by atoms with Gasteiger partial charge in [0.2, 0.25) is 0 Å². The fourth-order valence-corrected chi connectivity index (χ4v) is 1.96. The number of hydrogen-bond donors (Lipinski definition) is 1. The van der Waals surface area contributed by atoms with Crippen molar-refractivity contribution >= 4 is 0 Å². The standard InChI is InChI=1S/C16H27NO/c1-5-15(17)16(18-10-9-12(2)3)14-8-6-7-13(4)11-14/h6-8,11-12,15-16H,5,9-10,17H2,1-4H3. The quantitative estimate of drug-likeness (QED) is 0.797. The average molecular weight is 249 g/mol. The fraction of sp³-hybridized carbons (Fsp3) is 0.625. The number of rotatable bonds is 7. The molecule has 0 saturated heterocycles. The van der Waals surface area contributed by atoms with Gasteiger partial charge in [-0.25, -0.2) is 0 Å². The molecule has 0 spiro atoms. The largest absolute Gasteiger partial charge is 0.372 e. The minimum Gasteiger partial charge on any atom is -0.372 e. The maximum Gasteiger partial charge on any atom is 0.0975 e. The lowest BCUT2D eigenvalue weighted by molar-refractivity contribution is 0.0275. The normalized spacial score (nSPS) is 14.8. The van der Waals surface area contributed by atoms with Crippen LogP contribution >= 0.6 is 0 Å². The monoisotopic (exact) mass is 249 g/mol.